The number of rotatable bonds is 6. The smallest absolute Gasteiger partial charge is 0.200 e. The zero-order valence-corrected chi connectivity index (χ0v) is 10.1. The molecule has 0 amide bonds. The molecule has 9 heteroatoms. The summed E-state index contributed by atoms with van der Waals surface area (Å²) in [7, 11) is 0. The molecule has 116 valence electrons. The minimum atomic E-state index is -6.78. The Morgan fingerprint density at radius 3 is 1.53 bits per heavy atom. The third-order valence-electron chi connectivity index (χ3n) is 2.60. The van der Waals surface area contributed by atoms with E-state index in [1.165, 1.54) is 6.92 Å². The first-order valence-electron chi connectivity index (χ1n) is 5.41. The van der Waals surface area contributed by atoms with Gasteiger partial charge in [-0.05, 0) is 5.92 Å². The van der Waals surface area contributed by atoms with Gasteiger partial charge in [-0.25, -0.2) is 0 Å². The van der Waals surface area contributed by atoms with Crippen molar-refractivity contribution in [3.05, 3.63) is 0 Å². The van der Waals surface area contributed by atoms with Crippen molar-refractivity contribution >= 4 is 0 Å². The lowest BCUT2D eigenvalue weighted by Gasteiger charge is -2.34. The van der Waals surface area contributed by atoms with Gasteiger partial charge in [-0.1, -0.05) is 26.7 Å². The van der Waals surface area contributed by atoms with Crippen LogP contribution in [0.2, 0.25) is 0 Å². The molecule has 0 rings (SSSR count). The SMILES string of the molecule is CCCC(C)CC(F)(F)C(F)(F)C(F)(F)C(F)(F)F. The zero-order chi connectivity index (χ0) is 15.7. The molecule has 0 aliphatic carbocycles. The van der Waals surface area contributed by atoms with E-state index in [1.807, 2.05) is 0 Å². The normalized spacial score (nSPS) is 16.6. The monoisotopic (exact) mass is 304 g/mol. The Bertz CT molecular complexity index is 292. The van der Waals surface area contributed by atoms with Gasteiger partial charge in [0.1, 0.15) is 0 Å². The fraction of sp³-hybridized carbons (Fsp3) is 1.00. The van der Waals surface area contributed by atoms with Crippen LogP contribution in [0.25, 0.3) is 0 Å². The molecule has 0 aromatic carbocycles. The Labute approximate surface area is 104 Å². The van der Waals surface area contributed by atoms with Crippen LogP contribution in [0.5, 0.6) is 0 Å². The largest absolute Gasteiger partial charge is 0.460 e. The van der Waals surface area contributed by atoms with Gasteiger partial charge >= 0.3 is 23.9 Å². The highest BCUT2D eigenvalue weighted by Gasteiger charge is 2.81. The van der Waals surface area contributed by atoms with Crippen LogP contribution < -0.4 is 0 Å². The van der Waals surface area contributed by atoms with Gasteiger partial charge in [-0.3, -0.25) is 0 Å². The molecular formula is C10H13F9. The molecule has 0 bridgehead atoms. The molecular weight excluding hydrogens is 291 g/mol. The second-order valence-corrected chi connectivity index (χ2v) is 4.45. The maximum Gasteiger partial charge on any atom is 0.460 e. The van der Waals surface area contributed by atoms with E-state index in [0.717, 1.165) is 6.92 Å². The topological polar surface area (TPSA) is 0 Å². The van der Waals surface area contributed by atoms with E-state index in [1.54, 1.807) is 0 Å². The fourth-order valence-corrected chi connectivity index (χ4v) is 1.57. The minimum absolute atomic E-state index is 0.0171. The van der Waals surface area contributed by atoms with E-state index < -0.39 is 36.3 Å². The summed E-state index contributed by atoms with van der Waals surface area (Å²) in [4.78, 5) is 0. The lowest BCUT2D eigenvalue weighted by Crippen LogP contribution is -2.61. The summed E-state index contributed by atoms with van der Waals surface area (Å²) >= 11 is 0. The number of hydrogen-bond donors (Lipinski definition) is 0. The third-order valence-corrected chi connectivity index (χ3v) is 2.60. The Kier molecular flexibility index (Phi) is 5.22. The lowest BCUT2D eigenvalue weighted by atomic mass is 9.92. The number of hydrogen-bond acceptors (Lipinski definition) is 0. The van der Waals surface area contributed by atoms with E-state index in [9.17, 15) is 39.5 Å². The van der Waals surface area contributed by atoms with Crippen molar-refractivity contribution < 1.29 is 39.5 Å². The molecule has 0 heterocycles. The predicted molar refractivity (Wildman–Crippen MR) is 49.6 cm³/mol. The van der Waals surface area contributed by atoms with Gasteiger partial charge in [0, 0.05) is 6.42 Å². The predicted octanol–water partition coefficient (Wildman–Crippen LogP) is 5.28. The molecule has 0 N–H and O–H groups in total. The summed E-state index contributed by atoms with van der Waals surface area (Å²) < 4.78 is 112. The first-order valence-corrected chi connectivity index (χ1v) is 5.41. The molecule has 1 atom stereocenters. The highest BCUT2D eigenvalue weighted by molar-refractivity contribution is 5.00. The molecule has 0 nitrogen and oxygen atoms in total. The summed E-state index contributed by atoms with van der Waals surface area (Å²) in [5.41, 5.74) is 0. The summed E-state index contributed by atoms with van der Waals surface area (Å²) in [5, 5.41) is 0. The lowest BCUT2D eigenvalue weighted by molar-refractivity contribution is -0.397. The van der Waals surface area contributed by atoms with Crippen LogP contribution in [-0.4, -0.2) is 23.9 Å². The van der Waals surface area contributed by atoms with Crippen LogP contribution in [-0.2, 0) is 0 Å². The Morgan fingerprint density at radius 2 is 1.21 bits per heavy atom. The molecule has 0 aliphatic heterocycles. The Balaban J connectivity index is 5.27. The van der Waals surface area contributed by atoms with Gasteiger partial charge in [0.2, 0.25) is 0 Å². The number of halogens is 9. The highest BCUT2D eigenvalue weighted by Crippen LogP contribution is 2.54. The Hall–Kier alpha value is -0.630. The summed E-state index contributed by atoms with van der Waals surface area (Å²) in [6, 6.07) is 0. The first kappa shape index (κ1) is 18.4. The number of alkyl halides is 9. The van der Waals surface area contributed by atoms with Crippen LogP contribution in [0.3, 0.4) is 0 Å². The van der Waals surface area contributed by atoms with E-state index in [-0.39, 0.29) is 6.42 Å². The van der Waals surface area contributed by atoms with Crippen LogP contribution >= 0.6 is 0 Å². The summed E-state index contributed by atoms with van der Waals surface area (Å²) in [6.45, 7) is 2.62. The average Bonchev–Trinajstić information content (AvgIpc) is 2.14. The van der Waals surface area contributed by atoms with Crippen molar-refractivity contribution in [1.82, 2.24) is 0 Å². The molecule has 0 saturated carbocycles. The standard InChI is InChI=1S/C10H13F9/c1-3-4-6(2)5-7(11,12)8(13,14)9(15,16)10(17,18)19/h6H,3-5H2,1-2H3. The maximum atomic E-state index is 13.1. The summed E-state index contributed by atoms with van der Waals surface area (Å²) in [6.07, 6.45) is -8.14. The van der Waals surface area contributed by atoms with Crippen molar-refractivity contribution in [2.24, 2.45) is 5.92 Å². The first-order chi connectivity index (χ1) is 8.20. The Morgan fingerprint density at radius 1 is 0.789 bits per heavy atom. The summed E-state index contributed by atoms with van der Waals surface area (Å²) in [5.74, 6) is -19.8. The molecule has 0 aliphatic rings. The van der Waals surface area contributed by atoms with Crippen molar-refractivity contribution in [2.75, 3.05) is 0 Å². The van der Waals surface area contributed by atoms with Gasteiger partial charge in [0.15, 0.2) is 0 Å². The van der Waals surface area contributed by atoms with Crippen molar-refractivity contribution in [1.29, 1.82) is 0 Å². The second kappa shape index (κ2) is 5.40. The van der Waals surface area contributed by atoms with Crippen LogP contribution in [0.4, 0.5) is 39.5 Å². The zero-order valence-electron chi connectivity index (χ0n) is 10.1. The van der Waals surface area contributed by atoms with Gasteiger partial charge in [0.25, 0.3) is 0 Å². The van der Waals surface area contributed by atoms with Gasteiger partial charge in [-0.2, -0.15) is 39.5 Å². The van der Waals surface area contributed by atoms with Gasteiger partial charge < -0.3 is 0 Å². The third kappa shape index (κ3) is 3.47. The van der Waals surface area contributed by atoms with Crippen molar-refractivity contribution in [3.63, 3.8) is 0 Å². The van der Waals surface area contributed by atoms with Gasteiger partial charge in [0.05, 0.1) is 0 Å². The van der Waals surface area contributed by atoms with Crippen molar-refractivity contribution in [2.45, 2.75) is 57.1 Å². The molecule has 0 aromatic heterocycles. The fourth-order valence-electron chi connectivity index (χ4n) is 1.57. The molecule has 0 saturated heterocycles. The molecule has 19 heavy (non-hydrogen) atoms. The maximum absolute atomic E-state index is 13.1. The molecule has 1 unspecified atom stereocenters. The van der Waals surface area contributed by atoms with E-state index in [0.29, 0.717) is 6.42 Å². The average molecular weight is 304 g/mol. The quantitative estimate of drug-likeness (QED) is 0.586. The van der Waals surface area contributed by atoms with E-state index in [2.05, 4.69) is 0 Å². The molecule has 0 radical (unpaired) electrons. The van der Waals surface area contributed by atoms with Gasteiger partial charge in [-0.15, -0.1) is 0 Å². The van der Waals surface area contributed by atoms with Crippen LogP contribution in [0.15, 0.2) is 0 Å². The second-order valence-electron chi connectivity index (χ2n) is 4.45. The minimum Gasteiger partial charge on any atom is -0.200 e. The molecule has 0 fully saturated rings. The molecule has 0 spiro atoms. The molecule has 0 aromatic rings. The van der Waals surface area contributed by atoms with E-state index >= 15 is 0 Å². The van der Waals surface area contributed by atoms with Crippen molar-refractivity contribution in [3.8, 4) is 0 Å². The van der Waals surface area contributed by atoms with Crippen LogP contribution in [0.1, 0.15) is 33.1 Å². The highest BCUT2D eigenvalue weighted by atomic mass is 19.4. The van der Waals surface area contributed by atoms with E-state index in [4.69, 9.17) is 0 Å². The van der Waals surface area contributed by atoms with Crippen LogP contribution in [0, 0.1) is 5.92 Å².